The zero-order chi connectivity index (χ0) is 14.9. The van der Waals surface area contributed by atoms with Crippen molar-refractivity contribution in [3.8, 4) is 11.5 Å². The van der Waals surface area contributed by atoms with Crippen LogP contribution in [-0.2, 0) is 6.54 Å². The molecular formula is C17H28N2O2. The Labute approximate surface area is 128 Å². The van der Waals surface area contributed by atoms with Gasteiger partial charge in [-0.2, -0.15) is 0 Å². The van der Waals surface area contributed by atoms with Crippen molar-refractivity contribution >= 4 is 0 Å². The number of rotatable bonds is 9. The third kappa shape index (κ3) is 5.21. The maximum atomic E-state index is 5.99. The van der Waals surface area contributed by atoms with Gasteiger partial charge in [-0.25, -0.2) is 0 Å². The van der Waals surface area contributed by atoms with Crippen molar-refractivity contribution in [3.63, 3.8) is 0 Å². The van der Waals surface area contributed by atoms with Gasteiger partial charge in [-0.3, -0.25) is 0 Å². The van der Waals surface area contributed by atoms with Gasteiger partial charge in [-0.05, 0) is 45.0 Å². The molecule has 1 saturated heterocycles. The summed E-state index contributed by atoms with van der Waals surface area (Å²) in [4.78, 5) is 2.52. The largest absolute Gasteiger partial charge is 0.497 e. The van der Waals surface area contributed by atoms with Crippen molar-refractivity contribution in [2.75, 3.05) is 39.9 Å². The minimum absolute atomic E-state index is 0.767. The number of nitrogens with one attached hydrogen (secondary N) is 1. The summed E-state index contributed by atoms with van der Waals surface area (Å²) < 4.78 is 11.3. The van der Waals surface area contributed by atoms with E-state index in [1.807, 2.05) is 12.1 Å². The van der Waals surface area contributed by atoms with Gasteiger partial charge in [0.05, 0.1) is 13.7 Å². The van der Waals surface area contributed by atoms with Crippen molar-refractivity contribution < 1.29 is 9.47 Å². The van der Waals surface area contributed by atoms with E-state index in [4.69, 9.17) is 9.47 Å². The zero-order valence-corrected chi connectivity index (χ0v) is 13.4. The summed E-state index contributed by atoms with van der Waals surface area (Å²) in [6.07, 6.45) is 3.78. The maximum absolute atomic E-state index is 5.99. The third-order valence-electron chi connectivity index (χ3n) is 3.91. The topological polar surface area (TPSA) is 33.7 Å². The second kappa shape index (κ2) is 8.90. The number of nitrogens with zero attached hydrogens (tertiary/aromatic N) is 1. The van der Waals surface area contributed by atoms with Crippen molar-refractivity contribution in [3.05, 3.63) is 23.8 Å². The zero-order valence-electron chi connectivity index (χ0n) is 13.4. The van der Waals surface area contributed by atoms with Crippen LogP contribution in [0.4, 0.5) is 0 Å². The van der Waals surface area contributed by atoms with E-state index >= 15 is 0 Å². The number of ether oxygens (including phenoxy) is 2. The Balaban J connectivity index is 1.83. The van der Waals surface area contributed by atoms with E-state index < -0.39 is 0 Å². The molecule has 0 aromatic heterocycles. The van der Waals surface area contributed by atoms with E-state index in [0.29, 0.717) is 0 Å². The van der Waals surface area contributed by atoms with Gasteiger partial charge in [0, 0.05) is 24.7 Å². The molecule has 0 radical (unpaired) electrons. The van der Waals surface area contributed by atoms with Crippen LogP contribution in [0.15, 0.2) is 18.2 Å². The first kappa shape index (κ1) is 16.1. The molecule has 1 fully saturated rings. The van der Waals surface area contributed by atoms with Gasteiger partial charge < -0.3 is 19.7 Å². The molecule has 1 aromatic rings. The van der Waals surface area contributed by atoms with E-state index in [0.717, 1.165) is 44.2 Å². The van der Waals surface area contributed by atoms with Gasteiger partial charge in [-0.1, -0.05) is 13.0 Å². The van der Waals surface area contributed by atoms with Crippen LogP contribution in [0.2, 0.25) is 0 Å². The predicted octanol–water partition coefficient (Wildman–Crippen LogP) is 2.67. The first-order chi connectivity index (χ1) is 10.3. The molecule has 1 aliphatic heterocycles. The van der Waals surface area contributed by atoms with Crippen LogP contribution in [0.3, 0.4) is 0 Å². The van der Waals surface area contributed by atoms with Gasteiger partial charge in [0.1, 0.15) is 11.5 Å². The van der Waals surface area contributed by atoms with Crippen LogP contribution in [0, 0.1) is 0 Å². The minimum atomic E-state index is 0.767. The lowest BCUT2D eigenvalue weighted by molar-refractivity contribution is 0.260. The van der Waals surface area contributed by atoms with Crippen molar-refractivity contribution in [2.45, 2.75) is 32.7 Å². The Kier molecular flexibility index (Phi) is 6.83. The Morgan fingerprint density at radius 1 is 1.24 bits per heavy atom. The van der Waals surface area contributed by atoms with Crippen molar-refractivity contribution in [1.82, 2.24) is 10.2 Å². The second-order valence-electron chi connectivity index (χ2n) is 5.50. The highest BCUT2D eigenvalue weighted by molar-refractivity contribution is 5.40. The summed E-state index contributed by atoms with van der Waals surface area (Å²) in [6, 6.07) is 6.06. The van der Waals surface area contributed by atoms with Crippen LogP contribution >= 0.6 is 0 Å². The standard InChI is InChI=1S/C17H28N2O2/c1-3-18-14-15-7-8-16(20-2)13-17(15)21-12-6-11-19-9-4-5-10-19/h7-8,13,18H,3-6,9-12,14H2,1-2H3. The van der Waals surface area contributed by atoms with Gasteiger partial charge in [0.2, 0.25) is 0 Å². The fourth-order valence-electron chi connectivity index (χ4n) is 2.68. The number of methoxy groups -OCH3 is 1. The molecule has 0 spiro atoms. The first-order valence-corrected chi connectivity index (χ1v) is 8.06. The number of hydrogen-bond acceptors (Lipinski definition) is 4. The van der Waals surface area contributed by atoms with Crippen LogP contribution in [0.5, 0.6) is 11.5 Å². The average molecular weight is 292 g/mol. The molecule has 1 aliphatic rings. The molecule has 1 heterocycles. The summed E-state index contributed by atoms with van der Waals surface area (Å²) in [5.74, 6) is 1.79. The maximum Gasteiger partial charge on any atom is 0.127 e. The number of benzene rings is 1. The molecule has 0 bridgehead atoms. The van der Waals surface area contributed by atoms with Crippen LogP contribution < -0.4 is 14.8 Å². The summed E-state index contributed by atoms with van der Waals surface area (Å²) in [5.41, 5.74) is 1.19. The van der Waals surface area contributed by atoms with Gasteiger partial charge in [-0.15, -0.1) is 0 Å². The highest BCUT2D eigenvalue weighted by Crippen LogP contribution is 2.25. The average Bonchev–Trinajstić information content (AvgIpc) is 3.03. The molecule has 118 valence electrons. The molecule has 0 unspecified atom stereocenters. The molecule has 0 amide bonds. The smallest absolute Gasteiger partial charge is 0.127 e. The molecule has 0 aliphatic carbocycles. The first-order valence-electron chi connectivity index (χ1n) is 8.06. The van der Waals surface area contributed by atoms with Crippen LogP contribution in [0.1, 0.15) is 31.7 Å². The van der Waals surface area contributed by atoms with E-state index in [1.165, 1.54) is 31.5 Å². The lowest BCUT2D eigenvalue weighted by Gasteiger charge is -2.16. The van der Waals surface area contributed by atoms with E-state index in [1.54, 1.807) is 7.11 Å². The summed E-state index contributed by atoms with van der Waals surface area (Å²) in [7, 11) is 1.69. The Morgan fingerprint density at radius 2 is 2.05 bits per heavy atom. The molecule has 0 saturated carbocycles. The molecule has 4 nitrogen and oxygen atoms in total. The lowest BCUT2D eigenvalue weighted by Crippen LogP contribution is -2.22. The third-order valence-corrected chi connectivity index (χ3v) is 3.91. The van der Waals surface area contributed by atoms with Gasteiger partial charge in [0.15, 0.2) is 0 Å². The van der Waals surface area contributed by atoms with E-state index in [9.17, 15) is 0 Å². The van der Waals surface area contributed by atoms with E-state index in [-0.39, 0.29) is 0 Å². The Bertz CT molecular complexity index is 417. The highest BCUT2D eigenvalue weighted by atomic mass is 16.5. The highest BCUT2D eigenvalue weighted by Gasteiger charge is 2.11. The summed E-state index contributed by atoms with van der Waals surface area (Å²) in [5, 5.41) is 3.35. The Hall–Kier alpha value is -1.26. The quantitative estimate of drug-likeness (QED) is 0.710. The van der Waals surface area contributed by atoms with E-state index in [2.05, 4.69) is 23.2 Å². The molecule has 1 aromatic carbocycles. The number of likely N-dealkylation sites (tertiary alicyclic amines) is 1. The summed E-state index contributed by atoms with van der Waals surface area (Å²) in [6.45, 7) is 8.33. The fraction of sp³-hybridized carbons (Fsp3) is 0.647. The Morgan fingerprint density at radius 3 is 2.76 bits per heavy atom. The molecular weight excluding hydrogens is 264 g/mol. The minimum Gasteiger partial charge on any atom is -0.497 e. The monoisotopic (exact) mass is 292 g/mol. The second-order valence-corrected chi connectivity index (χ2v) is 5.50. The normalized spacial score (nSPS) is 15.3. The molecule has 0 atom stereocenters. The molecule has 2 rings (SSSR count). The van der Waals surface area contributed by atoms with Crippen molar-refractivity contribution in [2.24, 2.45) is 0 Å². The lowest BCUT2D eigenvalue weighted by atomic mass is 10.2. The van der Waals surface area contributed by atoms with Crippen LogP contribution in [-0.4, -0.2) is 44.8 Å². The number of hydrogen-bond donors (Lipinski definition) is 1. The van der Waals surface area contributed by atoms with Gasteiger partial charge in [0.25, 0.3) is 0 Å². The van der Waals surface area contributed by atoms with Crippen LogP contribution in [0.25, 0.3) is 0 Å². The SMILES string of the molecule is CCNCc1ccc(OC)cc1OCCCN1CCCC1. The molecule has 4 heteroatoms. The predicted molar refractivity (Wildman–Crippen MR) is 86.2 cm³/mol. The summed E-state index contributed by atoms with van der Waals surface area (Å²) >= 11 is 0. The molecule has 21 heavy (non-hydrogen) atoms. The van der Waals surface area contributed by atoms with Crippen molar-refractivity contribution in [1.29, 1.82) is 0 Å². The molecule has 1 N–H and O–H groups in total. The fourth-order valence-corrected chi connectivity index (χ4v) is 2.68. The van der Waals surface area contributed by atoms with Gasteiger partial charge >= 0.3 is 0 Å².